The van der Waals surface area contributed by atoms with E-state index in [0.717, 1.165) is 5.56 Å². The monoisotopic (exact) mass is 292 g/mol. The summed E-state index contributed by atoms with van der Waals surface area (Å²) in [7, 11) is 1.68. The molecule has 5 heteroatoms. The van der Waals surface area contributed by atoms with Crippen LogP contribution in [0.1, 0.15) is 26.3 Å². The highest BCUT2D eigenvalue weighted by atomic mass is 16.4. The lowest BCUT2D eigenvalue weighted by atomic mass is 10.0. The molecule has 0 radical (unpaired) electrons. The van der Waals surface area contributed by atoms with Crippen LogP contribution in [0.5, 0.6) is 0 Å². The Hall–Kier alpha value is -2.04. The predicted octanol–water partition coefficient (Wildman–Crippen LogP) is 2.37. The summed E-state index contributed by atoms with van der Waals surface area (Å²) >= 11 is 0. The summed E-state index contributed by atoms with van der Waals surface area (Å²) < 4.78 is 0. The second-order valence-electron chi connectivity index (χ2n) is 5.63. The molecule has 2 N–H and O–H groups in total. The second-order valence-corrected chi connectivity index (χ2v) is 5.63. The average Bonchev–Trinajstić information content (AvgIpc) is 2.45. The number of carbonyl (C=O) groups is 2. The van der Waals surface area contributed by atoms with Gasteiger partial charge in [0.05, 0.1) is 0 Å². The fourth-order valence-electron chi connectivity index (χ4n) is 1.93. The molecule has 1 rings (SSSR count). The number of rotatable bonds is 6. The topological polar surface area (TPSA) is 69.6 Å². The molecule has 1 aromatic rings. The van der Waals surface area contributed by atoms with Gasteiger partial charge in [-0.2, -0.15) is 0 Å². The van der Waals surface area contributed by atoms with Crippen LogP contribution in [0.15, 0.2) is 30.3 Å². The molecule has 2 amide bonds. The molecule has 0 heterocycles. The Kier molecular flexibility index (Phi) is 6.21. The maximum atomic E-state index is 12.1. The average molecular weight is 292 g/mol. The van der Waals surface area contributed by atoms with Crippen molar-refractivity contribution >= 4 is 12.0 Å². The summed E-state index contributed by atoms with van der Waals surface area (Å²) in [4.78, 5) is 25.0. The molecule has 0 aliphatic carbocycles. The Morgan fingerprint density at radius 1 is 1.19 bits per heavy atom. The van der Waals surface area contributed by atoms with Crippen LogP contribution in [0, 0.1) is 5.92 Å². The van der Waals surface area contributed by atoms with Gasteiger partial charge in [0.25, 0.3) is 0 Å². The van der Waals surface area contributed by atoms with Crippen molar-refractivity contribution in [2.24, 2.45) is 5.92 Å². The van der Waals surface area contributed by atoms with Crippen molar-refractivity contribution in [3.63, 3.8) is 0 Å². The number of hydrogen-bond acceptors (Lipinski definition) is 2. The number of carboxylic acids is 1. The van der Waals surface area contributed by atoms with Gasteiger partial charge < -0.3 is 15.3 Å². The van der Waals surface area contributed by atoms with Crippen molar-refractivity contribution in [1.29, 1.82) is 0 Å². The third-order valence-electron chi connectivity index (χ3n) is 3.77. The largest absolute Gasteiger partial charge is 0.480 e. The molecule has 116 valence electrons. The van der Waals surface area contributed by atoms with Crippen molar-refractivity contribution in [2.75, 3.05) is 7.05 Å². The minimum absolute atomic E-state index is 0.0381. The quantitative estimate of drug-likeness (QED) is 0.845. The van der Waals surface area contributed by atoms with Crippen LogP contribution < -0.4 is 5.32 Å². The zero-order chi connectivity index (χ0) is 16.0. The van der Waals surface area contributed by atoms with E-state index in [-0.39, 0.29) is 18.5 Å². The first-order chi connectivity index (χ1) is 9.82. The zero-order valence-corrected chi connectivity index (χ0v) is 13.0. The molecule has 1 unspecified atom stereocenters. The normalized spacial score (nSPS) is 13.6. The summed E-state index contributed by atoms with van der Waals surface area (Å²) in [6, 6.07) is 8.02. The van der Waals surface area contributed by atoms with E-state index in [0.29, 0.717) is 5.92 Å². The van der Waals surface area contributed by atoms with Crippen LogP contribution in [0.3, 0.4) is 0 Å². The standard InChI is InChI=1S/C16H24N2O3/c1-11(2)12(3)18(4)16(21)17-14(15(19)20)10-13-8-6-5-7-9-13/h5-9,11-12,14H,10H2,1-4H3,(H,17,21)(H,19,20)/t12?,14-/m0/s1. The first-order valence-corrected chi connectivity index (χ1v) is 7.13. The van der Waals surface area contributed by atoms with Crippen LogP contribution in [-0.4, -0.2) is 41.1 Å². The van der Waals surface area contributed by atoms with Crippen LogP contribution >= 0.6 is 0 Å². The fourth-order valence-corrected chi connectivity index (χ4v) is 1.93. The van der Waals surface area contributed by atoms with E-state index in [1.165, 1.54) is 0 Å². The molecule has 0 aliphatic rings. The van der Waals surface area contributed by atoms with Crippen LogP contribution in [0.4, 0.5) is 4.79 Å². The Morgan fingerprint density at radius 3 is 2.24 bits per heavy atom. The minimum Gasteiger partial charge on any atom is -0.480 e. The minimum atomic E-state index is -1.03. The van der Waals surface area contributed by atoms with Crippen molar-refractivity contribution < 1.29 is 14.7 Å². The van der Waals surface area contributed by atoms with E-state index in [9.17, 15) is 14.7 Å². The predicted molar refractivity (Wildman–Crippen MR) is 82.2 cm³/mol. The molecule has 21 heavy (non-hydrogen) atoms. The number of urea groups is 1. The number of hydrogen-bond donors (Lipinski definition) is 2. The number of carboxylic acid groups (broad SMARTS) is 1. The summed E-state index contributed by atoms with van der Waals surface area (Å²) in [5, 5.41) is 11.9. The smallest absolute Gasteiger partial charge is 0.326 e. The molecule has 0 saturated carbocycles. The third-order valence-corrected chi connectivity index (χ3v) is 3.77. The number of carbonyl (C=O) groups excluding carboxylic acids is 1. The first-order valence-electron chi connectivity index (χ1n) is 7.13. The summed E-state index contributed by atoms with van der Waals surface area (Å²) in [6.45, 7) is 5.98. The first kappa shape index (κ1) is 17.0. The second kappa shape index (κ2) is 7.67. The van der Waals surface area contributed by atoms with Crippen LogP contribution in [0.2, 0.25) is 0 Å². The number of nitrogens with one attached hydrogen (secondary N) is 1. The van der Waals surface area contributed by atoms with Crippen molar-refractivity contribution in [1.82, 2.24) is 10.2 Å². The third kappa shape index (κ3) is 5.10. The van der Waals surface area contributed by atoms with E-state index >= 15 is 0 Å². The van der Waals surface area contributed by atoms with Gasteiger partial charge >= 0.3 is 12.0 Å². The van der Waals surface area contributed by atoms with Gasteiger partial charge in [-0.3, -0.25) is 0 Å². The van der Waals surface area contributed by atoms with Gasteiger partial charge in [0.2, 0.25) is 0 Å². The molecule has 0 saturated heterocycles. The maximum absolute atomic E-state index is 12.1. The highest BCUT2D eigenvalue weighted by Crippen LogP contribution is 2.09. The number of nitrogens with zero attached hydrogens (tertiary/aromatic N) is 1. The molecule has 0 spiro atoms. The van der Waals surface area contributed by atoms with E-state index in [1.807, 2.05) is 51.1 Å². The molecule has 5 nitrogen and oxygen atoms in total. The molecule has 0 fully saturated rings. The van der Waals surface area contributed by atoms with Crippen LogP contribution in [0.25, 0.3) is 0 Å². The Bertz CT molecular complexity index is 474. The summed E-state index contributed by atoms with van der Waals surface area (Å²) in [5.74, 6) is -0.726. The SMILES string of the molecule is CC(C)C(C)N(C)C(=O)N[C@@H](Cc1ccccc1)C(=O)O. The van der Waals surface area contributed by atoms with Gasteiger partial charge in [-0.25, -0.2) is 9.59 Å². The van der Waals surface area contributed by atoms with Crippen molar-refractivity contribution in [3.8, 4) is 0 Å². The lowest BCUT2D eigenvalue weighted by Crippen LogP contribution is -2.50. The molecule has 0 aliphatic heterocycles. The molecule has 1 aromatic carbocycles. The summed E-state index contributed by atoms with van der Waals surface area (Å²) in [5.41, 5.74) is 0.879. The van der Waals surface area contributed by atoms with E-state index < -0.39 is 12.0 Å². The van der Waals surface area contributed by atoms with Crippen molar-refractivity contribution in [2.45, 2.75) is 39.3 Å². The van der Waals surface area contributed by atoms with E-state index in [4.69, 9.17) is 0 Å². The van der Waals surface area contributed by atoms with Gasteiger partial charge in [0, 0.05) is 19.5 Å². The molecular weight excluding hydrogens is 268 g/mol. The molecule has 0 bridgehead atoms. The van der Waals surface area contributed by atoms with E-state index in [2.05, 4.69) is 5.32 Å². The lowest BCUT2D eigenvalue weighted by molar-refractivity contribution is -0.139. The fraction of sp³-hybridized carbons (Fsp3) is 0.500. The summed E-state index contributed by atoms with van der Waals surface area (Å²) in [6.07, 6.45) is 0.270. The number of amides is 2. The van der Waals surface area contributed by atoms with Gasteiger partial charge in [-0.1, -0.05) is 44.2 Å². The lowest BCUT2D eigenvalue weighted by Gasteiger charge is -2.29. The van der Waals surface area contributed by atoms with Crippen LogP contribution in [-0.2, 0) is 11.2 Å². The Morgan fingerprint density at radius 2 is 1.76 bits per heavy atom. The highest BCUT2D eigenvalue weighted by Gasteiger charge is 2.25. The molecular formula is C16H24N2O3. The number of aliphatic carboxylic acids is 1. The zero-order valence-electron chi connectivity index (χ0n) is 13.0. The molecule has 2 atom stereocenters. The van der Waals surface area contributed by atoms with Gasteiger partial charge in [-0.05, 0) is 18.4 Å². The van der Waals surface area contributed by atoms with E-state index in [1.54, 1.807) is 11.9 Å². The Balaban J connectivity index is 2.71. The number of benzene rings is 1. The van der Waals surface area contributed by atoms with Gasteiger partial charge in [0.1, 0.15) is 6.04 Å². The van der Waals surface area contributed by atoms with Gasteiger partial charge in [0.15, 0.2) is 0 Å². The Labute approximate surface area is 126 Å². The van der Waals surface area contributed by atoms with Crippen molar-refractivity contribution in [3.05, 3.63) is 35.9 Å². The highest BCUT2D eigenvalue weighted by molar-refractivity contribution is 5.82. The molecule has 0 aromatic heterocycles. The van der Waals surface area contributed by atoms with Gasteiger partial charge in [-0.15, -0.1) is 0 Å². The maximum Gasteiger partial charge on any atom is 0.326 e.